The van der Waals surface area contributed by atoms with Gasteiger partial charge in [-0.1, -0.05) is 24.3 Å². The van der Waals surface area contributed by atoms with E-state index in [0.29, 0.717) is 16.7 Å². The molecule has 6 nitrogen and oxygen atoms in total. The quantitative estimate of drug-likeness (QED) is 0.491. The van der Waals surface area contributed by atoms with Crippen molar-refractivity contribution >= 4 is 11.7 Å². The van der Waals surface area contributed by atoms with Gasteiger partial charge in [0.15, 0.2) is 0 Å². The molecule has 0 unspecified atom stereocenters. The molecule has 2 rings (SSSR count). The van der Waals surface area contributed by atoms with Crippen molar-refractivity contribution < 1.29 is 14.5 Å². The van der Waals surface area contributed by atoms with Gasteiger partial charge in [0.2, 0.25) is 0 Å². The Morgan fingerprint density at radius 2 is 2.05 bits per heavy atom. The summed E-state index contributed by atoms with van der Waals surface area (Å²) in [5, 5.41) is 19.8. The number of carbonyl (C=O) groups excluding carboxylic acids is 1. The van der Waals surface area contributed by atoms with Gasteiger partial charge in [-0.25, -0.2) is 4.79 Å². The normalized spacial score (nSPS) is 9.82. The van der Waals surface area contributed by atoms with Gasteiger partial charge in [-0.15, -0.1) is 0 Å². The molecular weight excluding hydrogens is 284 g/mol. The molecule has 0 radical (unpaired) electrons. The number of nitro benzene ring substituents is 1. The molecule has 0 aromatic heterocycles. The van der Waals surface area contributed by atoms with Crippen LogP contribution in [0, 0.1) is 28.4 Å². The summed E-state index contributed by atoms with van der Waals surface area (Å²) < 4.78 is 5.13. The molecule has 0 spiro atoms. The average Bonchev–Trinajstić information content (AvgIpc) is 2.52. The number of carbonyl (C=O) groups is 1. The topological polar surface area (TPSA) is 93.2 Å². The Morgan fingerprint density at radius 3 is 2.73 bits per heavy atom. The van der Waals surface area contributed by atoms with Crippen LogP contribution in [-0.4, -0.2) is 10.9 Å². The number of hydrogen-bond acceptors (Lipinski definition) is 5. The maximum absolute atomic E-state index is 12.1. The zero-order valence-corrected chi connectivity index (χ0v) is 11.8. The van der Waals surface area contributed by atoms with Crippen LogP contribution in [0.25, 0.3) is 0 Å². The summed E-state index contributed by atoms with van der Waals surface area (Å²) in [6, 6.07) is 13.0. The maximum atomic E-state index is 12.1. The highest BCUT2D eigenvalue weighted by Crippen LogP contribution is 2.23. The van der Waals surface area contributed by atoms with Gasteiger partial charge in [-0.3, -0.25) is 10.1 Å². The molecule has 0 heterocycles. The Bertz CT molecular complexity index is 778. The summed E-state index contributed by atoms with van der Waals surface area (Å²) in [7, 11) is 0. The van der Waals surface area contributed by atoms with Crippen LogP contribution >= 0.6 is 0 Å². The van der Waals surface area contributed by atoms with Crippen molar-refractivity contribution in [1.29, 1.82) is 5.26 Å². The molecule has 0 aliphatic carbocycles. The van der Waals surface area contributed by atoms with Crippen molar-refractivity contribution in [2.75, 3.05) is 0 Å². The van der Waals surface area contributed by atoms with Crippen molar-refractivity contribution in [2.45, 2.75) is 13.5 Å². The summed E-state index contributed by atoms with van der Waals surface area (Å²) in [4.78, 5) is 22.5. The van der Waals surface area contributed by atoms with Crippen LogP contribution in [0.4, 0.5) is 5.69 Å². The lowest BCUT2D eigenvalue weighted by Gasteiger charge is -2.08. The average molecular weight is 296 g/mol. The van der Waals surface area contributed by atoms with Crippen LogP contribution in [0.1, 0.15) is 27.0 Å². The number of hydrogen-bond donors (Lipinski definition) is 0. The van der Waals surface area contributed by atoms with Crippen LogP contribution < -0.4 is 0 Å². The molecule has 0 N–H and O–H groups in total. The van der Waals surface area contributed by atoms with Gasteiger partial charge in [0, 0.05) is 6.07 Å². The van der Waals surface area contributed by atoms with Crippen molar-refractivity contribution in [3.05, 3.63) is 74.8 Å². The molecule has 2 aromatic carbocycles. The van der Waals surface area contributed by atoms with E-state index in [2.05, 4.69) is 0 Å². The first-order valence-corrected chi connectivity index (χ1v) is 6.43. The molecule has 0 atom stereocenters. The van der Waals surface area contributed by atoms with Crippen LogP contribution in [-0.2, 0) is 11.3 Å². The van der Waals surface area contributed by atoms with Crippen LogP contribution in [0.5, 0.6) is 0 Å². The fourth-order valence-corrected chi connectivity index (χ4v) is 2.02. The molecule has 22 heavy (non-hydrogen) atoms. The van der Waals surface area contributed by atoms with E-state index in [-0.39, 0.29) is 17.9 Å². The van der Waals surface area contributed by atoms with E-state index in [1.165, 1.54) is 12.1 Å². The Balaban J connectivity index is 2.20. The second kappa shape index (κ2) is 6.50. The molecule has 0 aliphatic rings. The van der Waals surface area contributed by atoms with Crippen molar-refractivity contribution in [2.24, 2.45) is 0 Å². The van der Waals surface area contributed by atoms with Crippen LogP contribution in [0.2, 0.25) is 0 Å². The lowest BCUT2D eigenvalue weighted by molar-refractivity contribution is -0.385. The number of benzene rings is 2. The minimum atomic E-state index is -0.757. The molecule has 110 valence electrons. The molecule has 6 heteroatoms. The third-order valence-corrected chi connectivity index (χ3v) is 3.08. The van der Waals surface area contributed by atoms with E-state index in [1.54, 1.807) is 37.3 Å². The zero-order chi connectivity index (χ0) is 16.1. The summed E-state index contributed by atoms with van der Waals surface area (Å²) in [6.07, 6.45) is 0. The van der Waals surface area contributed by atoms with Crippen molar-refractivity contribution in [3.8, 4) is 6.07 Å². The number of nitrogens with zero attached hydrogens (tertiary/aromatic N) is 2. The fraction of sp³-hybridized carbons (Fsp3) is 0.125. The molecule has 0 amide bonds. The standard InChI is InChI=1S/C16H12N2O4/c1-11-4-2-7-14(18(20)21)15(11)16(19)22-10-13-6-3-5-12(8-13)9-17/h2-8H,10H2,1H3. The van der Waals surface area contributed by atoms with Crippen LogP contribution in [0.3, 0.4) is 0 Å². The number of nitro groups is 1. The predicted octanol–water partition coefficient (Wildman–Crippen LogP) is 3.13. The highest BCUT2D eigenvalue weighted by molar-refractivity contribution is 5.95. The molecule has 0 aliphatic heterocycles. The minimum absolute atomic E-state index is 0.0519. The Morgan fingerprint density at radius 1 is 1.32 bits per heavy atom. The first-order valence-electron chi connectivity index (χ1n) is 6.43. The lowest BCUT2D eigenvalue weighted by Crippen LogP contribution is -2.10. The Labute approximate surface area is 126 Å². The van der Waals surface area contributed by atoms with E-state index in [4.69, 9.17) is 10.00 Å². The number of nitriles is 1. The van der Waals surface area contributed by atoms with Gasteiger partial charge in [0.05, 0.1) is 16.6 Å². The first kappa shape index (κ1) is 15.2. The third kappa shape index (κ3) is 3.27. The first-order chi connectivity index (χ1) is 10.5. The summed E-state index contributed by atoms with van der Waals surface area (Å²) in [5.74, 6) is -0.757. The van der Waals surface area contributed by atoms with Crippen molar-refractivity contribution in [1.82, 2.24) is 0 Å². The fourth-order valence-electron chi connectivity index (χ4n) is 2.02. The second-order valence-corrected chi connectivity index (χ2v) is 4.61. The number of ether oxygens (including phenoxy) is 1. The molecular formula is C16H12N2O4. The van der Waals surface area contributed by atoms with Gasteiger partial charge in [0.25, 0.3) is 5.69 Å². The molecule has 0 saturated carbocycles. The SMILES string of the molecule is Cc1cccc([N+](=O)[O-])c1C(=O)OCc1cccc(C#N)c1. The van der Waals surface area contributed by atoms with Crippen molar-refractivity contribution in [3.63, 3.8) is 0 Å². The number of rotatable bonds is 4. The maximum Gasteiger partial charge on any atom is 0.345 e. The zero-order valence-electron chi connectivity index (χ0n) is 11.8. The van der Waals surface area contributed by atoms with E-state index in [0.717, 1.165) is 0 Å². The number of aryl methyl sites for hydroxylation is 1. The van der Waals surface area contributed by atoms with Gasteiger partial charge in [0.1, 0.15) is 12.2 Å². The molecule has 0 saturated heterocycles. The van der Waals surface area contributed by atoms with Gasteiger partial charge >= 0.3 is 5.97 Å². The van der Waals surface area contributed by atoms with E-state index in [1.807, 2.05) is 6.07 Å². The van der Waals surface area contributed by atoms with Crippen LogP contribution in [0.15, 0.2) is 42.5 Å². The predicted molar refractivity (Wildman–Crippen MR) is 78.1 cm³/mol. The monoisotopic (exact) mass is 296 g/mol. The molecule has 2 aromatic rings. The van der Waals surface area contributed by atoms with Gasteiger partial charge in [-0.2, -0.15) is 5.26 Å². The highest BCUT2D eigenvalue weighted by atomic mass is 16.6. The molecule has 0 fully saturated rings. The Kier molecular flexibility index (Phi) is 4.49. The smallest absolute Gasteiger partial charge is 0.345 e. The van der Waals surface area contributed by atoms with E-state index >= 15 is 0 Å². The largest absolute Gasteiger partial charge is 0.457 e. The number of esters is 1. The highest BCUT2D eigenvalue weighted by Gasteiger charge is 2.23. The van der Waals surface area contributed by atoms with Gasteiger partial charge < -0.3 is 4.74 Å². The third-order valence-electron chi connectivity index (χ3n) is 3.08. The second-order valence-electron chi connectivity index (χ2n) is 4.61. The summed E-state index contributed by atoms with van der Waals surface area (Å²) in [6.45, 7) is 1.56. The summed E-state index contributed by atoms with van der Waals surface area (Å²) in [5.41, 5.74) is 1.24. The Hall–Kier alpha value is -3.20. The summed E-state index contributed by atoms with van der Waals surface area (Å²) >= 11 is 0. The minimum Gasteiger partial charge on any atom is -0.457 e. The molecule has 0 bridgehead atoms. The lowest BCUT2D eigenvalue weighted by atomic mass is 10.1. The van der Waals surface area contributed by atoms with E-state index in [9.17, 15) is 14.9 Å². The van der Waals surface area contributed by atoms with Gasteiger partial charge in [-0.05, 0) is 30.2 Å². The van der Waals surface area contributed by atoms with E-state index < -0.39 is 10.9 Å².